The molecule has 1 aliphatic heterocycles. The molecule has 5 rings (SSSR count). The summed E-state index contributed by atoms with van der Waals surface area (Å²) in [5.74, 6) is 1.44. The van der Waals surface area contributed by atoms with Crippen molar-refractivity contribution in [2.75, 3.05) is 45.3 Å². The summed E-state index contributed by atoms with van der Waals surface area (Å²) < 4.78 is 19.1. The second-order valence-corrected chi connectivity index (χ2v) is 11.0. The van der Waals surface area contributed by atoms with Crippen LogP contribution in [0.3, 0.4) is 0 Å². The van der Waals surface area contributed by atoms with Crippen LogP contribution < -0.4 is 20.1 Å². The van der Waals surface area contributed by atoms with Gasteiger partial charge in [0, 0.05) is 61.0 Å². The molecule has 0 radical (unpaired) electrons. The standard InChI is InChI=1S/C30H35N5O6S/c1-3-39-13-14-40-25-17-24-20(9-12-35(24)30(38)31-2)15-26(25)41-22-8-10-32-28(16-22)33-29(37)27-7-6-23(42-27)18-34-11-4-5-21(34)19-36/h6-10,12,15-17,21,36H,3-5,11,13-14,18-19H2,1-2H3,(H,31,38)(H,32,33,37)/t21-/m1/s1. The Labute approximate surface area is 248 Å². The number of aliphatic hydroxyl groups excluding tert-OH is 1. The van der Waals surface area contributed by atoms with Crippen LogP contribution in [-0.2, 0) is 11.3 Å². The van der Waals surface area contributed by atoms with Crippen LogP contribution in [0.25, 0.3) is 10.9 Å². The van der Waals surface area contributed by atoms with Gasteiger partial charge in [0.05, 0.1) is 23.6 Å². The quantitative estimate of drug-likeness (QED) is 0.202. The fourth-order valence-electron chi connectivity index (χ4n) is 4.93. The zero-order valence-corrected chi connectivity index (χ0v) is 24.5. The first-order valence-electron chi connectivity index (χ1n) is 14.0. The normalized spacial score (nSPS) is 15.2. The Morgan fingerprint density at radius 2 is 2.02 bits per heavy atom. The number of nitrogens with zero attached hydrogens (tertiary/aromatic N) is 3. The summed E-state index contributed by atoms with van der Waals surface area (Å²) in [4.78, 5) is 33.5. The molecule has 0 saturated carbocycles. The van der Waals surface area contributed by atoms with Gasteiger partial charge >= 0.3 is 6.03 Å². The molecule has 2 amide bonds. The molecule has 1 saturated heterocycles. The number of hydrogen-bond donors (Lipinski definition) is 3. The van der Waals surface area contributed by atoms with Gasteiger partial charge in [0.25, 0.3) is 5.91 Å². The zero-order chi connectivity index (χ0) is 29.5. The number of fused-ring (bicyclic) bond motifs is 1. The molecule has 0 unspecified atom stereocenters. The third-order valence-electron chi connectivity index (χ3n) is 7.03. The number of ether oxygens (including phenoxy) is 3. The fraction of sp³-hybridized carbons (Fsp3) is 0.367. The Bertz CT molecular complexity index is 1540. The summed E-state index contributed by atoms with van der Waals surface area (Å²) in [6.45, 7) is 5.02. The third kappa shape index (κ3) is 6.90. The summed E-state index contributed by atoms with van der Waals surface area (Å²) in [7, 11) is 1.57. The van der Waals surface area contributed by atoms with Crippen molar-refractivity contribution in [3.8, 4) is 17.2 Å². The highest BCUT2D eigenvalue weighted by Gasteiger charge is 2.24. The second-order valence-electron chi connectivity index (χ2n) is 9.79. The van der Waals surface area contributed by atoms with E-state index in [9.17, 15) is 14.7 Å². The lowest BCUT2D eigenvalue weighted by atomic mass is 10.2. The van der Waals surface area contributed by atoms with E-state index in [0.29, 0.717) is 53.3 Å². The number of benzene rings is 1. The molecular formula is C30H35N5O6S. The van der Waals surface area contributed by atoms with Crippen LogP contribution in [0.5, 0.6) is 17.2 Å². The molecule has 0 bridgehead atoms. The molecule has 42 heavy (non-hydrogen) atoms. The number of pyridine rings is 1. The minimum absolute atomic E-state index is 0.153. The summed E-state index contributed by atoms with van der Waals surface area (Å²) in [6.07, 6.45) is 5.31. The van der Waals surface area contributed by atoms with Crippen molar-refractivity contribution in [2.24, 2.45) is 0 Å². The smallest absolute Gasteiger partial charge is 0.325 e. The molecule has 4 heterocycles. The molecule has 1 fully saturated rings. The van der Waals surface area contributed by atoms with E-state index in [1.54, 1.807) is 43.7 Å². The average Bonchev–Trinajstić information content (AvgIpc) is 3.75. The number of aliphatic hydroxyl groups is 1. The first-order chi connectivity index (χ1) is 20.5. The van der Waals surface area contributed by atoms with E-state index < -0.39 is 0 Å². The molecule has 12 heteroatoms. The van der Waals surface area contributed by atoms with Crippen molar-refractivity contribution in [1.82, 2.24) is 19.8 Å². The van der Waals surface area contributed by atoms with E-state index >= 15 is 0 Å². The van der Waals surface area contributed by atoms with Crippen molar-refractivity contribution in [2.45, 2.75) is 32.4 Å². The topological polar surface area (TPSA) is 127 Å². The van der Waals surface area contributed by atoms with Gasteiger partial charge < -0.3 is 30.0 Å². The van der Waals surface area contributed by atoms with Gasteiger partial charge in [-0.1, -0.05) is 0 Å². The van der Waals surface area contributed by atoms with E-state index in [1.807, 2.05) is 25.1 Å². The number of anilines is 1. The van der Waals surface area contributed by atoms with Crippen LogP contribution in [0.1, 0.15) is 34.3 Å². The SMILES string of the molecule is CCOCCOc1cc2c(ccn2C(=O)NC)cc1Oc1ccnc(NC(=O)c2ccc(CN3CCC[C@@H]3CO)s2)c1. The van der Waals surface area contributed by atoms with Gasteiger partial charge in [-0.15, -0.1) is 11.3 Å². The Balaban J connectivity index is 1.30. The molecule has 11 nitrogen and oxygen atoms in total. The van der Waals surface area contributed by atoms with E-state index in [1.165, 1.54) is 15.9 Å². The van der Waals surface area contributed by atoms with E-state index in [4.69, 9.17) is 14.2 Å². The highest BCUT2D eigenvalue weighted by atomic mass is 32.1. The number of aromatic nitrogens is 2. The largest absolute Gasteiger partial charge is 0.487 e. The summed E-state index contributed by atoms with van der Waals surface area (Å²) in [5, 5.41) is 15.9. The van der Waals surface area contributed by atoms with Crippen molar-refractivity contribution in [3.63, 3.8) is 0 Å². The van der Waals surface area contributed by atoms with Gasteiger partial charge in [0.1, 0.15) is 18.2 Å². The number of hydrogen-bond acceptors (Lipinski definition) is 9. The van der Waals surface area contributed by atoms with Crippen LogP contribution in [0.15, 0.2) is 54.9 Å². The lowest BCUT2D eigenvalue weighted by Gasteiger charge is -2.21. The maximum absolute atomic E-state index is 13.0. The number of likely N-dealkylation sites (tertiary alicyclic amines) is 1. The number of carbonyl (C=O) groups excluding carboxylic acids is 2. The maximum atomic E-state index is 13.0. The monoisotopic (exact) mass is 593 g/mol. The number of rotatable bonds is 12. The van der Waals surface area contributed by atoms with Crippen molar-refractivity contribution in [1.29, 1.82) is 0 Å². The molecular weight excluding hydrogens is 558 g/mol. The highest BCUT2D eigenvalue weighted by Crippen LogP contribution is 2.37. The van der Waals surface area contributed by atoms with Gasteiger partial charge in [0.15, 0.2) is 11.5 Å². The maximum Gasteiger partial charge on any atom is 0.325 e. The average molecular weight is 594 g/mol. The predicted molar refractivity (Wildman–Crippen MR) is 161 cm³/mol. The van der Waals surface area contributed by atoms with E-state index in [-0.39, 0.29) is 24.6 Å². The van der Waals surface area contributed by atoms with Gasteiger partial charge in [-0.3, -0.25) is 14.3 Å². The van der Waals surface area contributed by atoms with Crippen molar-refractivity contribution in [3.05, 3.63) is 64.6 Å². The Morgan fingerprint density at radius 3 is 2.83 bits per heavy atom. The van der Waals surface area contributed by atoms with Crippen LogP contribution in [0, 0.1) is 0 Å². The molecule has 3 N–H and O–H groups in total. The van der Waals surface area contributed by atoms with Crippen LogP contribution >= 0.6 is 11.3 Å². The molecule has 1 aromatic carbocycles. The van der Waals surface area contributed by atoms with Crippen LogP contribution in [-0.4, -0.2) is 77.6 Å². The summed E-state index contributed by atoms with van der Waals surface area (Å²) >= 11 is 1.43. The second kappa shape index (κ2) is 13.8. The van der Waals surface area contributed by atoms with Gasteiger partial charge in [0.2, 0.25) is 0 Å². The molecule has 0 aliphatic carbocycles. The first-order valence-corrected chi connectivity index (χ1v) is 14.8. The molecule has 1 atom stereocenters. The van der Waals surface area contributed by atoms with Gasteiger partial charge in [-0.05, 0) is 56.6 Å². The number of carbonyl (C=O) groups is 2. The highest BCUT2D eigenvalue weighted by molar-refractivity contribution is 7.14. The fourth-order valence-corrected chi connectivity index (χ4v) is 5.86. The lowest BCUT2D eigenvalue weighted by Crippen LogP contribution is -2.31. The minimum Gasteiger partial charge on any atom is -0.487 e. The lowest BCUT2D eigenvalue weighted by molar-refractivity contribution is 0.103. The van der Waals surface area contributed by atoms with Crippen molar-refractivity contribution < 1.29 is 28.9 Å². The Kier molecular flexibility index (Phi) is 9.70. The Morgan fingerprint density at radius 1 is 1.14 bits per heavy atom. The number of thiophene rings is 1. The van der Waals surface area contributed by atoms with E-state index in [2.05, 4.69) is 20.5 Å². The molecule has 1 aliphatic rings. The number of nitrogens with one attached hydrogen (secondary N) is 2. The van der Waals surface area contributed by atoms with Crippen molar-refractivity contribution >= 4 is 40.0 Å². The van der Waals surface area contributed by atoms with Gasteiger partial charge in [-0.25, -0.2) is 9.78 Å². The molecule has 0 spiro atoms. The van der Waals surface area contributed by atoms with Gasteiger partial charge in [-0.2, -0.15) is 0 Å². The zero-order valence-electron chi connectivity index (χ0n) is 23.7. The molecule has 4 aromatic rings. The van der Waals surface area contributed by atoms with Crippen LogP contribution in [0.4, 0.5) is 10.6 Å². The first kappa shape index (κ1) is 29.5. The Hall–Kier alpha value is -3.97. The predicted octanol–water partition coefficient (Wildman–Crippen LogP) is 4.70. The molecule has 222 valence electrons. The number of amides is 2. The van der Waals surface area contributed by atoms with E-state index in [0.717, 1.165) is 36.2 Å². The molecule has 3 aromatic heterocycles. The third-order valence-corrected chi connectivity index (χ3v) is 8.10. The summed E-state index contributed by atoms with van der Waals surface area (Å²) in [5.41, 5.74) is 0.669. The van der Waals surface area contributed by atoms with Crippen LogP contribution in [0.2, 0.25) is 0 Å². The minimum atomic E-state index is -0.267. The summed E-state index contributed by atoms with van der Waals surface area (Å²) in [6, 6.07) is 12.4.